The molecule has 0 aliphatic carbocycles. The molecule has 82 valence electrons. The van der Waals surface area contributed by atoms with Crippen LogP contribution >= 0.6 is 15.9 Å². The standard InChI is InChI=1S/C7H5BrFNO4S/c8-6-4(9)1-3(7(11)12)2-5(6)15(10,13)14/h1-2H,(H,11,12)(H2,10,13,14). The number of primary sulfonamides is 1. The Morgan fingerprint density at radius 1 is 1.47 bits per heavy atom. The van der Waals surface area contributed by atoms with Crippen molar-refractivity contribution >= 4 is 31.9 Å². The van der Waals surface area contributed by atoms with Gasteiger partial charge in [0, 0.05) is 0 Å². The van der Waals surface area contributed by atoms with E-state index in [2.05, 4.69) is 15.9 Å². The number of carboxylic acids is 1. The molecule has 1 aromatic rings. The summed E-state index contributed by atoms with van der Waals surface area (Å²) in [5.41, 5.74) is -0.486. The van der Waals surface area contributed by atoms with Crippen molar-refractivity contribution in [3.8, 4) is 0 Å². The number of carboxylic acid groups (broad SMARTS) is 1. The van der Waals surface area contributed by atoms with E-state index in [4.69, 9.17) is 10.2 Å². The van der Waals surface area contributed by atoms with Crippen molar-refractivity contribution in [2.75, 3.05) is 0 Å². The number of sulfonamides is 1. The Labute approximate surface area is 92.9 Å². The van der Waals surface area contributed by atoms with E-state index in [-0.39, 0.29) is 4.47 Å². The minimum Gasteiger partial charge on any atom is -0.478 e. The normalized spacial score (nSPS) is 11.4. The highest BCUT2D eigenvalue weighted by molar-refractivity contribution is 9.10. The minimum atomic E-state index is -4.16. The van der Waals surface area contributed by atoms with Crippen LogP contribution in [0.25, 0.3) is 0 Å². The Hall–Kier alpha value is -0.990. The number of nitrogens with two attached hydrogens (primary N) is 1. The third-order valence-electron chi connectivity index (χ3n) is 1.55. The first-order valence-electron chi connectivity index (χ1n) is 3.48. The molecule has 0 heterocycles. The van der Waals surface area contributed by atoms with Gasteiger partial charge in [0.25, 0.3) is 0 Å². The van der Waals surface area contributed by atoms with Crippen molar-refractivity contribution in [3.05, 3.63) is 28.0 Å². The molecule has 0 amide bonds. The molecule has 5 nitrogen and oxygen atoms in total. The van der Waals surface area contributed by atoms with Gasteiger partial charge < -0.3 is 5.11 Å². The zero-order valence-electron chi connectivity index (χ0n) is 7.07. The van der Waals surface area contributed by atoms with E-state index >= 15 is 0 Å². The van der Waals surface area contributed by atoms with Crippen molar-refractivity contribution in [2.45, 2.75) is 4.90 Å². The fraction of sp³-hybridized carbons (Fsp3) is 0. The average Bonchev–Trinajstić information content (AvgIpc) is 2.06. The van der Waals surface area contributed by atoms with Gasteiger partial charge in [0.05, 0.1) is 14.9 Å². The number of halogens is 2. The minimum absolute atomic E-state index is 0.380. The molecule has 0 spiro atoms. The molecule has 0 aliphatic heterocycles. The van der Waals surface area contributed by atoms with Gasteiger partial charge >= 0.3 is 5.97 Å². The van der Waals surface area contributed by atoms with Crippen molar-refractivity contribution in [3.63, 3.8) is 0 Å². The summed E-state index contributed by atoms with van der Waals surface area (Å²) in [4.78, 5) is 9.93. The highest BCUT2D eigenvalue weighted by atomic mass is 79.9. The first kappa shape index (κ1) is 12.1. The van der Waals surface area contributed by atoms with Crippen LogP contribution in [0, 0.1) is 5.82 Å². The van der Waals surface area contributed by atoms with Crippen molar-refractivity contribution in [1.29, 1.82) is 0 Å². The molecule has 8 heteroatoms. The summed E-state index contributed by atoms with van der Waals surface area (Å²) in [5, 5.41) is 13.4. The van der Waals surface area contributed by atoms with Crippen LogP contribution in [0.15, 0.2) is 21.5 Å². The monoisotopic (exact) mass is 297 g/mol. The summed E-state index contributed by atoms with van der Waals surface area (Å²) in [7, 11) is -4.16. The first-order valence-corrected chi connectivity index (χ1v) is 5.82. The predicted molar refractivity (Wildman–Crippen MR) is 52.4 cm³/mol. The number of hydrogen-bond donors (Lipinski definition) is 2. The largest absolute Gasteiger partial charge is 0.478 e. The van der Waals surface area contributed by atoms with E-state index in [9.17, 15) is 17.6 Å². The lowest BCUT2D eigenvalue weighted by Gasteiger charge is -2.04. The fourth-order valence-electron chi connectivity index (χ4n) is 0.894. The lowest BCUT2D eigenvalue weighted by atomic mass is 10.2. The maximum atomic E-state index is 13.1. The molecular formula is C7H5BrFNO4S. The summed E-state index contributed by atoms with van der Waals surface area (Å²) in [6.07, 6.45) is 0. The second kappa shape index (κ2) is 3.87. The maximum Gasteiger partial charge on any atom is 0.335 e. The number of carbonyl (C=O) groups is 1. The molecule has 0 radical (unpaired) electrons. The van der Waals surface area contributed by atoms with Crippen LogP contribution in [0.3, 0.4) is 0 Å². The maximum absolute atomic E-state index is 13.1. The van der Waals surface area contributed by atoms with Gasteiger partial charge in [0.15, 0.2) is 0 Å². The van der Waals surface area contributed by atoms with Crippen LogP contribution < -0.4 is 5.14 Å². The fourth-order valence-corrected chi connectivity index (χ4v) is 2.44. The van der Waals surface area contributed by atoms with E-state index in [1.165, 1.54) is 0 Å². The van der Waals surface area contributed by atoms with Gasteiger partial charge in [-0.15, -0.1) is 0 Å². The molecule has 0 atom stereocenters. The second-order valence-corrected chi connectivity index (χ2v) is 4.94. The number of benzene rings is 1. The Balaban J connectivity index is 3.59. The number of rotatable bonds is 2. The molecule has 1 aromatic carbocycles. The summed E-state index contributed by atoms with van der Waals surface area (Å²) >= 11 is 2.67. The van der Waals surface area contributed by atoms with Crippen LogP contribution in [-0.2, 0) is 10.0 Å². The lowest BCUT2D eigenvalue weighted by molar-refractivity contribution is 0.0696. The lowest BCUT2D eigenvalue weighted by Crippen LogP contribution is -2.14. The highest BCUT2D eigenvalue weighted by Crippen LogP contribution is 2.25. The SMILES string of the molecule is NS(=O)(=O)c1cc(C(=O)O)cc(F)c1Br. The van der Waals surface area contributed by atoms with Crippen LogP contribution in [0.1, 0.15) is 10.4 Å². The van der Waals surface area contributed by atoms with Gasteiger partial charge in [-0.25, -0.2) is 22.7 Å². The Morgan fingerprint density at radius 3 is 2.40 bits per heavy atom. The van der Waals surface area contributed by atoms with Crippen LogP contribution in [-0.4, -0.2) is 19.5 Å². The average molecular weight is 298 g/mol. The third-order valence-corrected chi connectivity index (χ3v) is 3.55. The molecule has 0 fully saturated rings. The van der Waals surface area contributed by atoms with Gasteiger partial charge in [-0.2, -0.15) is 0 Å². The predicted octanol–water partition coefficient (Wildman–Crippen LogP) is 0.934. The first-order chi connectivity index (χ1) is 6.73. The molecular weight excluding hydrogens is 293 g/mol. The number of aromatic carboxylic acids is 1. The van der Waals surface area contributed by atoms with E-state index < -0.39 is 32.3 Å². The van der Waals surface area contributed by atoms with Gasteiger partial charge in [0.1, 0.15) is 5.82 Å². The van der Waals surface area contributed by atoms with Crippen LogP contribution in [0.4, 0.5) is 4.39 Å². The highest BCUT2D eigenvalue weighted by Gasteiger charge is 2.19. The van der Waals surface area contributed by atoms with Gasteiger partial charge in [0.2, 0.25) is 10.0 Å². The molecule has 0 aromatic heterocycles. The van der Waals surface area contributed by atoms with Gasteiger partial charge in [-0.3, -0.25) is 0 Å². The van der Waals surface area contributed by atoms with E-state index in [0.29, 0.717) is 6.07 Å². The summed E-state index contributed by atoms with van der Waals surface area (Å²) in [6, 6.07) is 1.48. The van der Waals surface area contributed by atoms with E-state index in [0.717, 1.165) is 6.07 Å². The zero-order chi connectivity index (χ0) is 11.8. The molecule has 0 bridgehead atoms. The topological polar surface area (TPSA) is 97.5 Å². The quantitative estimate of drug-likeness (QED) is 0.848. The van der Waals surface area contributed by atoms with Crippen molar-refractivity contribution in [2.24, 2.45) is 5.14 Å². The number of hydrogen-bond acceptors (Lipinski definition) is 3. The Bertz CT molecular complexity index is 528. The Kier molecular flexibility index (Phi) is 3.12. The molecule has 3 N–H and O–H groups in total. The smallest absolute Gasteiger partial charge is 0.335 e. The van der Waals surface area contributed by atoms with Crippen molar-refractivity contribution in [1.82, 2.24) is 0 Å². The molecule has 0 saturated heterocycles. The van der Waals surface area contributed by atoms with E-state index in [1.54, 1.807) is 0 Å². The zero-order valence-corrected chi connectivity index (χ0v) is 9.47. The van der Waals surface area contributed by atoms with Gasteiger partial charge in [-0.05, 0) is 28.1 Å². The van der Waals surface area contributed by atoms with Gasteiger partial charge in [-0.1, -0.05) is 0 Å². The molecule has 15 heavy (non-hydrogen) atoms. The third kappa shape index (κ3) is 2.52. The molecule has 0 saturated carbocycles. The van der Waals surface area contributed by atoms with Crippen LogP contribution in [0.2, 0.25) is 0 Å². The molecule has 1 rings (SSSR count). The summed E-state index contributed by atoms with van der Waals surface area (Å²) < 4.78 is 34.7. The molecule has 0 unspecified atom stereocenters. The Morgan fingerprint density at radius 2 is 2.00 bits per heavy atom. The summed E-state index contributed by atoms with van der Waals surface area (Å²) in [5.74, 6) is -2.44. The molecule has 0 aliphatic rings. The second-order valence-electron chi connectivity index (χ2n) is 2.62. The van der Waals surface area contributed by atoms with Crippen molar-refractivity contribution < 1.29 is 22.7 Å². The van der Waals surface area contributed by atoms with E-state index in [1.807, 2.05) is 0 Å². The van der Waals surface area contributed by atoms with Crippen LogP contribution in [0.5, 0.6) is 0 Å². The summed E-state index contributed by atoms with van der Waals surface area (Å²) in [6.45, 7) is 0.